The van der Waals surface area contributed by atoms with Crippen LogP contribution in [0.2, 0.25) is 0 Å². The Labute approximate surface area is 60.1 Å². The van der Waals surface area contributed by atoms with Crippen LogP contribution < -0.4 is 5.32 Å². The third-order valence-electron chi connectivity index (χ3n) is 0.929. The van der Waals surface area contributed by atoms with Gasteiger partial charge >= 0.3 is 6.09 Å². The van der Waals surface area contributed by atoms with Crippen molar-refractivity contribution in [2.45, 2.75) is 0 Å². The first-order valence-corrected chi connectivity index (χ1v) is 3.81. The van der Waals surface area contributed by atoms with Crippen molar-refractivity contribution in [3.8, 4) is 0 Å². The highest BCUT2D eigenvalue weighted by Gasteiger charge is 2.06. The molecule has 0 saturated heterocycles. The maximum atomic E-state index is 10.0. The van der Waals surface area contributed by atoms with E-state index >= 15 is 0 Å². The van der Waals surface area contributed by atoms with Crippen LogP contribution in [-0.4, -0.2) is 11.2 Å². The number of hydrogen-bond donors (Lipinski definition) is 3. The Morgan fingerprint density at radius 2 is 2.50 bits per heavy atom. The van der Waals surface area contributed by atoms with E-state index in [2.05, 4.69) is 5.32 Å². The van der Waals surface area contributed by atoms with Crippen LogP contribution in [0.15, 0.2) is 22.6 Å². The smallest absolute Gasteiger partial charge is 0.409 e. The molecule has 0 aromatic carbocycles. The van der Waals surface area contributed by atoms with Crippen LogP contribution >= 0.6 is 0 Å². The average molecular weight is 158 g/mol. The fourth-order valence-corrected chi connectivity index (χ4v) is 1.36. The van der Waals surface area contributed by atoms with Crippen molar-refractivity contribution in [2.75, 3.05) is 0 Å². The zero-order valence-corrected chi connectivity index (χ0v) is 5.81. The van der Waals surface area contributed by atoms with Crippen LogP contribution in [0.4, 0.5) is 4.79 Å². The summed E-state index contributed by atoms with van der Waals surface area (Å²) in [6.07, 6.45) is 2.14. The summed E-state index contributed by atoms with van der Waals surface area (Å²) < 4.78 is 7.23. The molecule has 0 aromatic heterocycles. The molecule has 1 rings (SSSR count). The van der Waals surface area contributed by atoms with Crippen molar-refractivity contribution in [2.24, 2.45) is 0 Å². The van der Waals surface area contributed by atoms with Gasteiger partial charge in [-0.1, -0.05) is 6.08 Å². The van der Waals surface area contributed by atoms with Crippen LogP contribution in [0, 0.1) is 4.78 Å². The van der Waals surface area contributed by atoms with Gasteiger partial charge in [0.2, 0.25) is 0 Å². The lowest BCUT2D eigenvalue weighted by atomic mass is 10.6. The van der Waals surface area contributed by atoms with Gasteiger partial charge in [0, 0.05) is 0 Å². The van der Waals surface area contributed by atoms with Gasteiger partial charge in [-0.15, -0.1) is 0 Å². The quantitative estimate of drug-likeness (QED) is 0.532. The van der Waals surface area contributed by atoms with Gasteiger partial charge in [0.15, 0.2) is 0 Å². The monoisotopic (exact) mass is 158 g/mol. The summed E-state index contributed by atoms with van der Waals surface area (Å²) in [7, 11) is -0.793. The molecule has 10 heavy (non-hydrogen) atoms. The topological polar surface area (TPSA) is 73.2 Å². The number of carboxylic acid groups (broad SMARTS) is 1. The van der Waals surface area contributed by atoms with Gasteiger partial charge in [0.05, 0.1) is 5.03 Å². The van der Waals surface area contributed by atoms with Crippen molar-refractivity contribution in [3.63, 3.8) is 0 Å². The maximum absolute atomic E-state index is 10.0. The van der Waals surface area contributed by atoms with E-state index in [4.69, 9.17) is 9.89 Å². The molecule has 54 valence electrons. The van der Waals surface area contributed by atoms with Crippen LogP contribution in [-0.2, 0) is 10.7 Å². The number of nitrogens with one attached hydrogen (secondary N) is 2. The van der Waals surface area contributed by atoms with E-state index in [0.29, 0.717) is 5.03 Å². The number of carbonyl (C=O) groups is 1. The molecule has 1 amide bonds. The molecular weight excluding hydrogens is 152 g/mol. The molecule has 0 fully saturated rings. The normalized spacial score (nSPS) is 22.4. The van der Waals surface area contributed by atoms with E-state index in [0.717, 1.165) is 0 Å². The van der Waals surface area contributed by atoms with E-state index < -0.39 is 16.8 Å². The minimum atomic E-state index is -1.11. The van der Waals surface area contributed by atoms with Gasteiger partial charge in [-0.3, -0.25) is 10.1 Å². The van der Waals surface area contributed by atoms with E-state index in [9.17, 15) is 4.79 Å². The Hall–Kier alpha value is -1.10. The van der Waals surface area contributed by atoms with Gasteiger partial charge < -0.3 is 5.11 Å². The van der Waals surface area contributed by atoms with Crippen LogP contribution in [0.5, 0.6) is 0 Å². The average Bonchev–Trinajstić information content (AvgIpc) is 2.15. The first-order valence-electron chi connectivity index (χ1n) is 2.53. The lowest BCUT2D eigenvalue weighted by Crippen LogP contribution is -2.20. The van der Waals surface area contributed by atoms with Crippen molar-refractivity contribution in [1.29, 1.82) is 4.78 Å². The van der Waals surface area contributed by atoms with Crippen molar-refractivity contribution >= 4 is 16.8 Å². The zero-order valence-electron chi connectivity index (χ0n) is 5.00. The fraction of sp³-hybridized carbons (Fsp3) is 0. The van der Waals surface area contributed by atoms with Gasteiger partial charge in [-0.25, -0.2) is 4.79 Å². The lowest BCUT2D eigenvalue weighted by Gasteiger charge is -1.99. The largest absolute Gasteiger partial charge is 0.465 e. The molecule has 0 aliphatic carbocycles. The summed E-state index contributed by atoms with van der Waals surface area (Å²) in [5.74, 6) is 0. The predicted molar refractivity (Wildman–Crippen MR) is 38.5 cm³/mol. The van der Waals surface area contributed by atoms with Gasteiger partial charge in [-0.05, 0) is 22.2 Å². The van der Waals surface area contributed by atoms with E-state index in [1.54, 1.807) is 17.6 Å². The molecule has 4 nitrogen and oxygen atoms in total. The van der Waals surface area contributed by atoms with Crippen LogP contribution in [0.25, 0.3) is 0 Å². The van der Waals surface area contributed by atoms with Crippen LogP contribution in [0.3, 0.4) is 0 Å². The van der Waals surface area contributed by atoms with Crippen molar-refractivity contribution < 1.29 is 9.90 Å². The highest BCUT2D eigenvalue weighted by molar-refractivity contribution is 7.93. The van der Waals surface area contributed by atoms with Crippen molar-refractivity contribution in [3.05, 3.63) is 22.6 Å². The summed E-state index contributed by atoms with van der Waals surface area (Å²) in [6.45, 7) is 0. The summed E-state index contributed by atoms with van der Waals surface area (Å²) in [6, 6.07) is 0. The Kier molecular flexibility index (Phi) is 1.86. The molecule has 0 radical (unpaired) electrons. The summed E-state index contributed by atoms with van der Waals surface area (Å²) in [5, 5.41) is 12.4. The molecular formula is C5H6N2O2S. The Morgan fingerprint density at radius 3 is 2.90 bits per heavy atom. The Morgan fingerprint density at radius 1 is 1.80 bits per heavy atom. The molecule has 0 aromatic rings. The Bertz CT molecular complexity index is 244. The first kappa shape index (κ1) is 7.01. The second-order valence-corrected chi connectivity index (χ2v) is 3.01. The second-order valence-electron chi connectivity index (χ2n) is 1.63. The summed E-state index contributed by atoms with van der Waals surface area (Å²) in [4.78, 5) is 10.0. The highest BCUT2D eigenvalue weighted by atomic mass is 32.2. The number of rotatable bonds is 1. The van der Waals surface area contributed by atoms with Gasteiger partial charge in [0.25, 0.3) is 0 Å². The molecule has 0 spiro atoms. The third-order valence-corrected chi connectivity index (χ3v) is 2.07. The van der Waals surface area contributed by atoms with Gasteiger partial charge in [-0.2, -0.15) is 0 Å². The molecule has 1 unspecified atom stereocenters. The highest BCUT2D eigenvalue weighted by Crippen LogP contribution is 2.07. The molecule has 3 N–H and O–H groups in total. The number of allylic oxidation sites excluding steroid dienone is 2. The van der Waals surface area contributed by atoms with Gasteiger partial charge in [0.1, 0.15) is 0 Å². The molecule has 0 bridgehead atoms. The van der Waals surface area contributed by atoms with E-state index in [1.165, 1.54) is 0 Å². The lowest BCUT2D eigenvalue weighted by molar-refractivity contribution is 0.198. The zero-order chi connectivity index (χ0) is 7.56. The first-order chi connectivity index (χ1) is 4.70. The molecule has 5 heteroatoms. The standard InChI is InChI=1S/C5H6N2O2S/c6-10-3-1-2-4(10)7-5(8)9/h1-3,6-7H,(H,8,9). The van der Waals surface area contributed by atoms with Crippen molar-refractivity contribution in [1.82, 2.24) is 5.32 Å². The van der Waals surface area contributed by atoms with E-state index in [-0.39, 0.29) is 0 Å². The second kappa shape index (κ2) is 2.66. The minimum absolute atomic E-state index is 0.438. The molecule has 0 saturated carbocycles. The molecule has 1 aliphatic rings. The number of amides is 1. The summed E-state index contributed by atoms with van der Waals surface area (Å²) >= 11 is 0. The molecule has 1 aliphatic heterocycles. The fourth-order valence-electron chi connectivity index (χ4n) is 0.554. The SMILES string of the molecule is N=S1C=CC=C1NC(=O)O. The molecule has 1 heterocycles. The molecule has 1 atom stereocenters. The minimum Gasteiger partial charge on any atom is -0.465 e. The summed E-state index contributed by atoms with van der Waals surface area (Å²) in [5.41, 5.74) is 0. The number of hydrogen-bond acceptors (Lipinski definition) is 2. The Balaban J connectivity index is 2.61. The third kappa shape index (κ3) is 1.44. The maximum Gasteiger partial charge on any atom is 0.409 e. The predicted octanol–water partition coefficient (Wildman–Crippen LogP) is 1.00. The van der Waals surface area contributed by atoms with E-state index in [1.807, 2.05) is 0 Å². The van der Waals surface area contributed by atoms with Crippen LogP contribution in [0.1, 0.15) is 0 Å².